The van der Waals surface area contributed by atoms with Gasteiger partial charge < -0.3 is 5.43 Å². The summed E-state index contributed by atoms with van der Waals surface area (Å²) in [5.74, 6) is 5.85. The van der Waals surface area contributed by atoms with Gasteiger partial charge in [0.05, 0.1) is 5.70 Å². The van der Waals surface area contributed by atoms with Crippen molar-refractivity contribution < 1.29 is 0 Å². The zero-order chi connectivity index (χ0) is 19.1. The molecule has 0 saturated heterocycles. The first-order chi connectivity index (χ1) is 12.5. The summed E-state index contributed by atoms with van der Waals surface area (Å²) in [5, 5.41) is 0.723. The molecule has 0 heterocycles. The summed E-state index contributed by atoms with van der Waals surface area (Å²) < 4.78 is 0. The van der Waals surface area contributed by atoms with Crippen molar-refractivity contribution in [2.45, 2.75) is 33.6 Å². The van der Waals surface area contributed by atoms with Gasteiger partial charge in [0, 0.05) is 5.02 Å². The van der Waals surface area contributed by atoms with Gasteiger partial charge in [-0.05, 0) is 66.3 Å². The molecule has 2 rings (SSSR count). The largest absolute Gasteiger partial charge is 0.324 e. The third-order valence-corrected chi connectivity index (χ3v) is 4.61. The highest BCUT2D eigenvalue weighted by Crippen LogP contribution is 2.35. The molecule has 0 aliphatic carbocycles. The molecule has 2 aromatic rings. The van der Waals surface area contributed by atoms with E-state index in [1.54, 1.807) is 6.08 Å². The minimum atomic E-state index is 0.723. The molecule has 0 amide bonds. The molecule has 0 saturated carbocycles. The maximum Gasteiger partial charge on any atom is 0.0523 e. The zero-order valence-corrected chi connectivity index (χ0v) is 16.5. The number of nitrogens with one attached hydrogen (secondary N) is 1. The van der Waals surface area contributed by atoms with Crippen LogP contribution in [0.5, 0.6) is 0 Å². The third-order valence-electron chi connectivity index (χ3n) is 4.38. The molecular formula is C23H27ClN2. The first kappa shape index (κ1) is 20.0. The summed E-state index contributed by atoms with van der Waals surface area (Å²) in [6.45, 7) is 10.2. The third kappa shape index (κ3) is 4.66. The van der Waals surface area contributed by atoms with Crippen LogP contribution < -0.4 is 11.3 Å². The minimum Gasteiger partial charge on any atom is -0.324 e. The van der Waals surface area contributed by atoms with Crippen LogP contribution in [0, 0.1) is 13.8 Å². The van der Waals surface area contributed by atoms with Crippen LogP contribution in [0.3, 0.4) is 0 Å². The number of halogens is 1. The summed E-state index contributed by atoms with van der Waals surface area (Å²) in [4.78, 5) is 0. The van der Waals surface area contributed by atoms with Gasteiger partial charge in [-0.15, -0.1) is 0 Å². The van der Waals surface area contributed by atoms with Gasteiger partial charge in [-0.2, -0.15) is 0 Å². The first-order valence-corrected chi connectivity index (χ1v) is 9.26. The van der Waals surface area contributed by atoms with Crippen LogP contribution in [0.2, 0.25) is 5.02 Å². The van der Waals surface area contributed by atoms with Gasteiger partial charge in [0.15, 0.2) is 0 Å². The molecule has 0 spiro atoms. The molecule has 3 N–H and O–H groups in total. The van der Waals surface area contributed by atoms with Crippen molar-refractivity contribution in [3.63, 3.8) is 0 Å². The van der Waals surface area contributed by atoms with Crippen molar-refractivity contribution in [2.75, 3.05) is 0 Å². The molecule has 3 heteroatoms. The van der Waals surface area contributed by atoms with E-state index >= 15 is 0 Å². The van der Waals surface area contributed by atoms with Crippen LogP contribution in [0.4, 0.5) is 0 Å². The number of nitrogens with two attached hydrogens (primary N) is 1. The second-order valence-corrected chi connectivity index (χ2v) is 6.83. The minimum absolute atomic E-state index is 0.723. The molecule has 136 valence electrons. The van der Waals surface area contributed by atoms with E-state index in [0.717, 1.165) is 45.8 Å². The van der Waals surface area contributed by atoms with Gasteiger partial charge in [0.2, 0.25) is 0 Å². The number of benzene rings is 2. The molecule has 0 aromatic heterocycles. The van der Waals surface area contributed by atoms with E-state index in [2.05, 4.69) is 63.1 Å². The van der Waals surface area contributed by atoms with Crippen LogP contribution in [0.15, 0.2) is 72.5 Å². The fourth-order valence-corrected chi connectivity index (χ4v) is 3.25. The number of hydrogen-bond donors (Lipinski definition) is 2. The summed E-state index contributed by atoms with van der Waals surface area (Å²) in [6, 6.07) is 14.6. The molecule has 0 atom stereocenters. The molecule has 0 fully saturated rings. The predicted octanol–water partition coefficient (Wildman–Crippen LogP) is 6.09. The zero-order valence-electron chi connectivity index (χ0n) is 15.8. The first-order valence-electron chi connectivity index (χ1n) is 8.88. The highest BCUT2D eigenvalue weighted by Gasteiger charge is 2.17. The van der Waals surface area contributed by atoms with Crippen LogP contribution >= 0.6 is 11.6 Å². The van der Waals surface area contributed by atoms with Gasteiger partial charge in [0.1, 0.15) is 0 Å². The molecular weight excluding hydrogens is 340 g/mol. The lowest BCUT2D eigenvalue weighted by Crippen LogP contribution is -2.23. The standard InChI is InChI=1S/C23H27ClN2/c1-5-7-20(22(26-25)8-6-2)23(18-12-9-16(3)10-13-18)21-15-19(24)14-11-17(21)4/h6,8-15,26H,2,5,7,25H2,1,3-4H3/b22-8-,23-20+. The molecule has 0 aliphatic heterocycles. The monoisotopic (exact) mass is 366 g/mol. The lowest BCUT2D eigenvalue weighted by molar-refractivity contribution is 0.835. The Labute approximate surface area is 162 Å². The van der Waals surface area contributed by atoms with E-state index in [-0.39, 0.29) is 0 Å². The molecule has 0 unspecified atom stereocenters. The summed E-state index contributed by atoms with van der Waals surface area (Å²) >= 11 is 6.34. The van der Waals surface area contributed by atoms with Gasteiger partial charge in [-0.3, -0.25) is 5.84 Å². The summed E-state index contributed by atoms with van der Waals surface area (Å²) in [5.41, 5.74) is 10.7. The Balaban J connectivity index is 2.87. The van der Waals surface area contributed by atoms with Crippen molar-refractivity contribution in [3.8, 4) is 0 Å². The SMILES string of the molecule is C=C/C=C(NN)/C(CCC)=C(\c1ccc(C)cc1)c1cc(Cl)ccc1C. The van der Waals surface area contributed by atoms with Gasteiger partial charge in [0.25, 0.3) is 0 Å². The van der Waals surface area contributed by atoms with E-state index in [1.807, 2.05) is 18.2 Å². The van der Waals surface area contributed by atoms with Crippen molar-refractivity contribution in [2.24, 2.45) is 5.84 Å². The lowest BCUT2D eigenvalue weighted by Gasteiger charge is -2.20. The molecule has 0 aliphatic rings. The number of aryl methyl sites for hydroxylation is 2. The fourth-order valence-electron chi connectivity index (χ4n) is 3.07. The van der Waals surface area contributed by atoms with E-state index in [1.165, 1.54) is 11.1 Å². The van der Waals surface area contributed by atoms with Crippen LogP contribution in [-0.2, 0) is 0 Å². The maximum absolute atomic E-state index is 6.34. The van der Waals surface area contributed by atoms with E-state index in [4.69, 9.17) is 17.4 Å². The Morgan fingerprint density at radius 3 is 2.42 bits per heavy atom. The smallest absolute Gasteiger partial charge is 0.0523 e. The van der Waals surface area contributed by atoms with Crippen molar-refractivity contribution in [1.82, 2.24) is 5.43 Å². The van der Waals surface area contributed by atoms with Crippen LogP contribution in [0.25, 0.3) is 5.57 Å². The lowest BCUT2D eigenvalue weighted by atomic mass is 9.87. The average Bonchev–Trinajstić information content (AvgIpc) is 2.63. The fraction of sp³-hybridized carbons (Fsp3) is 0.217. The molecule has 26 heavy (non-hydrogen) atoms. The quantitative estimate of drug-likeness (QED) is 0.353. The second-order valence-electron chi connectivity index (χ2n) is 6.39. The predicted molar refractivity (Wildman–Crippen MR) is 114 cm³/mol. The average molecular weight is 367 g/mol. The van der Waals surface area contributed by atoms with Gasteiger partial charge in [-0.1, -0.05) is 73.5 Å². The Morgan fingerprint density at radius 2 is 1.85 bits per heavy atom. The maximum atomic E-state index is 6.34. The van der Waals surface area contributed by atoms with E-state index < -0.39 is 0 Å². The molecule has 2 aromatic carbocycles. The van der Waals surface area contributed by atoms with Crippen LogP contribution in [0.1, 0.15) is 42.0 Å². The van der Waals surface area contributed by atoms with E-state index in [9.17, 15) is 0 Å². The molecule has 0 radical (unpaired) electrons. The number of hydrogen-bond acceptors (Lipinski definition) is 2. The van der Waals surface area contributed by atoms with Crippen molar-refractivity contribution in [3.05, 3.63) is 99.7 Å². The van der Waals surface area contributed by atoms with Crippen molar-refractivity contribution in [1.29, 1.82) is 0 Å². The Kier molecular flexibility index (Phi) is 7.26. The van der Waals surface area contributed by atoms with E-state index in [0.29, 0.717) is 0 Å². The Bertz CT molecular complexity index is 830. The second kappa shape index (κ2) is 9.42. The summed E-state index contributed by atoms with van der Waals surface area (Å²) in [7, 11) is 0. The Morgan fingerprint density at radius 1 is 1.15 bits per heavy atom. The molecule has 2 nitrogen and oxygen atoms in total. The summed E-state index contributed by atoms with van der Waals surface area (Å²) in [6.07, 6.45) is 5.56. The highest BCUT2D eigenvalue weighted by molar-refractivity contribution is 6.30. The topological polar surface area (TPSA) is 38.0 Å². The molecule has 0 bridgehead atoms. The number of hydrazine groups is 1. The number of rotatable bonds is 7. The highest BCUT2D eigenvalue weighted by atomic mass is 35.5. The van der Waals surface area contributed by atoms with Crippen molar-refractivity contribution >= 4 is 17.2 Å². The Hall–Kier alpha value is -2.29. The van der Waals surface area contributed by atoms with Gasteiger partial charge in [-0.25, -0.2) is 0 Å². The van der Waals surface area contributed by atoms with Crippen LogP contribution in [-0.4, -0.2) is 0 Å². The number of allylic oxidation sites excluding steroid dienone is 3. The van der Waals surface area contributed by atoms with Gasteiger partial charge >= 0.3 is 0 Å². The normalized spacial score (nSPS) is 12.6.